The third-order valence-electron chi connectivity index (χ3n) is 4.09. The Morgan fingerprint density at radius 2 is 2.04 bits per heavy atom. The molecule has 0 unspecified atom stereocenters. The predicted octanol–water partition coefficient (Wildman–Crippen LogP) is 3.42. The number of anilines is 1. The van der Waals surface area contributed by atoms with Crippen molar-refractivity contribution in [2.75, 3.05) is 18.4 Å². The van der Waals surface area contributed by atoms with E-state index in [1.165, 1.54) is 10.4 Å². The van der Waals surface area contributed by atoms with Crippen LogP contribution in [0.3, 0.4) is 0 Å². The zero-order valence-electron chi connectivity index (χ0n) is 13.4. The maximum absolute atomic E-state index is 12.7. The van der Waals surface area contributed by atoms with Gasteiger partial charge in [-0.15, -0.1) is 11.3 Å². The average molecular weight is 364 g/mol. The minimum absolute atomic E-state index is 0.208. The lowest BCUT2D eigenvalue weighted by molar-refractivity contribution is 0.103. The van der Waals surface area contributed by atoms with Crippen molar-refractivity contribution in [1.82, 2.24) is 4.31 Å². The van der Waals surface area contributed by atoms with Crippen LogP contribution in [0.2, 0.25) is 0 Å². The first-order chi connectivity index (χ1) is 11.5. The quantitative estimate of drug-likeness (QED) is 0.904. The molecule has 7 heteroatoms. The maximum Gasteiger partial charge on any atom is 0.265 e. The smallest absolute Gasteiger partial charge is 0.265 e. The second kappa shape index (κ2) is 7.04. The average Bonchev–Trinajstić information content (AvgIpc) is 3.07. The van der Waals surface area contributed by atoms with Crippen molar-refractivity contribution in [3.63, 3.8) is 0 Å². The highest BCUT2D eigenvalue weighted by molar-refractivity contribution is 7.89. The maximum atomic E-state index is 12.7. The van der Waals surface area contributed by atoms with Crippen molar-refractivity contribution in [3.05, 3.63) is 46.7 Å². The Hall–Kier alpha value is -1.70. The van der Waals surface area contributed by atoms with E-state index < -0.39 is 10.0 Å². The Morgan fingerprint density at radius 3 is 2.75 bits per heavy atom. The van der Waals surface area contributed by atoms with Crippen LogP contribution in [0.25, 0.3) is 0 Å². The van der Waals surface area contributed by atoms with E-state index in [0.29, 0.717) is 29.6 Å². The predicted molar refractivity (Wildman–Crippen MR) is 95.9 cm³/mol. The van der Waals surface area contributed by atoms with E-state index in [-0.39, 0.29) is 10.8 Å². The highest BCUT2D eigenvalue weighted by Gasteiger charge is 2.29. The summed E-state index contributed by atoms with van der Waals surface area (Å²) in [4.78, 5) is 12.9. The van der Waals surface area contributed by atoms with Crippen molar-refractivity contribution in [3.8, 4) is 0 Å². The van der Waals surface area contributed by atoms with Gasteiger partial charge in [0.2, 0.25) is 10.0 Å². The van der Waals surface area contributed by atoms with Gasteiger partial charge in [-0.25, -0.2) is 8.42 Å². The molecule has 1 amide bonds. The first-order valence-corrected chi connectivity index (χ1v) is 10.2. The Morgan fingerprint density at radius 1 is 1.29 bits per heavy atom. The van der Waals surface area contributed by atoms with Crippen molar-refractivity contribution < 1.29 is 13.2 Å². The third-order valence-corrected chi connectivity index (χ3v) is 7.01. The fraction of sp³-hybridized carbons (Fsp3) is 0.353. The molecule has 5 nitrogen and oxygen atoms in total. The van der Waals surface area contributed by atoms with Crippen LogP contribution in [-0.2, 0) is 10.0 Å². The summed E-state index contributed by atoms with van der Waals surface area (Å²) in [5, 5.41) is 4.32. The largest absolute Gasteiger partial charge is 0.321 e. The number of rotatable bonds is 4. The van der Waals surface area contributed by atoms with E-state index in [0.717, 1.165) is 24.2 Å². The van der Waals surface area contributed by atoms with Crippen molar-refractivity contribution >= 4 is 33.0 Å². The van der Waals surface area contributed by atoms with Gasteiger partial charge >= 0.3 is 0 Å². The van der Waals surface area contributed by atoms with Gasteiger partial charge in [0.1, 0.15) is 0 Å². The number of piperidine rings is 1. The molecule has 1 saturated heterocycles. The number of benzene rings is 1. The second-order valence-electron chi connectivity index (χ2n) is 6.08. The minimum Gasteiger partial charge on any atom is -0.321 e. The molecule has 1 fully saturated rings. The summed E-state index contributed by atoms with van der Waals surface area (Å²) in [5.41, 5.74) is 0.685. The standard InChI is InChI=1S/C17H20N2O3S2/c1-13-6-5-9-19(11-13)24(21,22)15-10-16(23-12-15)17(20)18-14-7-3-2-4-8-14/h2-4,7-8,10,12-13H,5-6,9,11H2,1H3,(H,18,20)/t13-/m0/s1. The van der Waals surface area contributed by atoms with E-state index >= 15 is 0 Å². The summed E-state index contributed by atoms with van der Waals surface area (Å²) in [7, 11) is -3.52. The molecule has 0 aliphatic carbocycles. The summed E-state index contributed by atoms with van der Waals surface area (Å²) in [6, 6.07) is 10.6. The van der Waals surface area contributed by atoms with Gasteiger partial charge in [-0.1, -0.05) is 25.1 Å². The molecular weight excluding hydrogens is 344 g/mol. The highest BCUT2D eigenvalue weighted by Crippen LogP contribution is 2.27. The minimum atomic E-state index is -3.52. The van der Waals surface area contributed by atoms with Crippen LogP contribution >= 0.6 is 11.3 Å². The lowest BCUT2D eigenvalue weighted by Gasteiger charge is -2.29. The fourth-order valence-corrected chi connectivity index (χ4v) is 5.56. The van der Waals surface area contributed by atoms with Crippen molar-refractivity contribution in [2.24, 2.45) is 5.92 Å². The van der Waals surface area contributed by atoms with Gasteiger partial charge < -0.3 is 5.32 Å². The number of para-hydroxylation sites is 1. The molecule has 0 spiro atoms. The topological polar surface area (TPSA) is 66.5 Å². The number of amides is 1. The number of carbonyl (C=O) groups excluding carboxylic acids is 1. The van der Waals surface area contributed by atoms with E-state index in [1.54, 1.807) is 17.5 Å². The fourth-order valence-electron chi connectivity index (χ4n) is 2.80. The number of carbonyl (C=O) groups is 1. The third kappa shape index (κ3) is 3.68. The van der Waals surface area contributed by atoms with Crippen molar-refractivity contribution in [1.29, 1.82) is 0 Å². The summed E-state index contributed by atoms with van der Waals surface area (Å²) >= 11 is 1.15. The second-order valence-corrected chi connectivity index (χ2v) is 8.93. The number of thiophene rings is 1. The van der Waals surface area contributed by atoms with Gasteiger partial charge in [-0.2, -0.15) is 4.31 Å². The van der Waals surface area contributed by atoms with Gasteiger partial charge in [0.15, 0.2) is 0 Å². The zero-order chi connectivity index (χ0) is 17.2. The van der Waals surface area contributed by atoms with Crippen LogP contribution in [0.1, 0.15) is 29.4 Å². The first kappa shape index (κ1) is 17.1. The van der Waals surface area contributed by atoms with Crippen LogP contribution < -0.4 is 5.32 Å². The number of sulfonamides is 1. The molecule has 1 aliphatic heterocycles. The van der Waals surface area contributed by atoms with Crippen molar-refractivity contribution in [2.45, 2.75) is 24.7 Å². The molecule has 1 aromatic heterocycles. The first-order valence-electron chi connectivity index (χ1n) is 7.92. The molecule has 0 bridgehead atoms. The number of nitrogens with zero attached hydrogens (tertiary/aromatic N) is 1. The SMILES string of the molecule is C[C@H]1CCCN(S(=O)(=O)c2csc(C(=O)Nc3ccccc3)c2)C1. The molecule has 2 aromatic rings. The highest BCUT2D eigenvalue weighted by atomic mass is 32.2. The number of hydrogen-bond donors (Lipinski definition) is 1. The molecule has 128 valence electrons. The molecule has 1 aliphatic rings. The van der Waals surface area contributed by atoms with E-state index in [4.69, 9.17) is 0 Å². The van der Waals surface area contributed by atoms with Crippen LogP contribution in [0.15, 0.2) is 46.7 Å². The van der Waals surface area contributed by atoms with Gasteiger partial charge in [0.25, 0.3) is 5.91 Å². The Bertz CT molecular complexity index is 815. The lowest BCUT2D eigenvalue weighted by Crippen LogP contribution is -2.38. The molecule has 0 saturated carbocycles. The molecule has 0 radical (unpaired) electrons. The summed E-state index contributed by atoms with van der Waals surface area (Å²) in [5.74, 6) is 0.0765. The van der Waals surface area contributed by atoms with E-state index in [2.05, 4.69) is 12.2 Å². The molecular formula is C17H20N2O3S2. The van der Waals surface area contributed by atoms with Crippen LogP contribution in [0, 0.1) is 5.92 Å². The summed E-state index contributed by atoms with van der Waals surface area (Å²) < 4.78 is 27.0. The van der Waals surface area contributed by atoms with Gasteiger partial charge in [0, 0.05) is 24.2 Å². The lowest BCUT2D eigenvalue weighted by atomic mass is 10.0. The molecule has 2 heterocycles. The monoisotopic (exact) mass is 364 g/mol. The number of nitrogens with one attached hydrogen (secondary N) is 1. The summed E-state index contributed by atoms with van der Waals surface area (Å²) in [6.07, 6.45) is 1.94. The summed E-state index contributed by atoms with van der Waals surface area (Å²) in [6.45, 7) is 3.16. The van der Waals surface area contributed by atoms with E-state index in [9.17, 15) is 13.2 Å². The normalized spacial score (nSPS) is 19.1. The van der Waals surface area contributed by atoms with Gasteiger partial charge in [-0.3, -0.25) is 4.79 Å². The van der Waals surface area contributed by atoms with Gasteiger partial charge in [-0.05, 0) is 37.0 Å². The molecule has 1 aromatic carbocycles. The van der Waals surface area contributed by atoms with Crippen LogP contribution in [-0.4, -0.2) is 31.7 Å². The van der Waals surface area contributed by atoms with Gasteiger partial charge in [0.05, 0.1) is 9.77 Å². The molecule has 24 heavy (non-hydrogen) atoms. The Balaban J connectivity index is 1.76. The van der Waals surface area contributed by atoms with Crippen LogP contribution in [0.4, 0.5) is 5.69 Å². The Kier molecular flexibility index (Phi) is 5.03. The molecule has 1 atom stereocenters. The Labute approximate surface area is 146 Å². The number of hydrogen-bond acceptors (Lipinski definition) is 4. The van der Waals surface area contributed by atoms with E-state index in [1.807, 2.05) is 18.2 Å². The molecule has 1 N–H and O–H groups in total. The zero-order valence-corrected chi connectivity index (χ0v) is 15.1. The molecule has 3 rings (SSSR count). The van der Waals surface area contributed by atoms with Crippen LogP contribution in [0.5, 0.6) is 0 Å².